The Bertz CT molecular complexity index is 668. The smallest absolute Gasteiger partial charge is 0.323 e. The van der Waals surface area contributed by atoms with E-state index in [1.165, 1.54) is 5.56 Å². The molecule has 0 spiro atoms. The molecule has 0 radical (unpaired) electrons. The van der Waals surface area contributed by atoms with Crippen molar-refractivity contribution >= 4 is 11.7 Å². The van der Waals surface area contributed by atoms with E-state index in [0.29, 0.717) is 6.61 Å². The Kier molecular flexibility index (Phi) is 7.67. The maximum Gasteiger partial charge on any atom is 0.323 e. The second-order valence-electron chi connectivity index (χ2n) is 6.96. The first kappa shape index (κ1) is 20.0. The van der Waals surface area contributed by atoms with Gasteiger partial charge in [0.25, 0.3) is 0 Å². The van der Waals surface area contributed by atoms with Crippen LogP contribution in [0.4, 0.5) is 5.69 Å². The van der Waals surface area contributed by atoms with E-state index in [4.69, 9.17) is 4.74 Å². The molecule has 2 aromatic carbocycles. The molecule has 0 bridgehead atoms. The van der Waals surface area contributed by atoms with Crippen LogP contribution in [-0.4, -0.2) is 37.6 Å². The molecule has 0 aliphatic rings. The third-order valence-corrected chi connectivity index (χ3v) is 4.57. The molecular formula is C22H30N2O2. The van der Waals surface area contributed by atoms with Gasteiger partial charge in [0.1, 0.15) is 12.6 Å². The van der Waals surface area contributed by atoms with Crippen LogP contribution in [0.2, 0.25) is 0 Å². The number of hydrogen-bond acceptors (Lipinski definition) is 4. The molecule has 1 N–H and O–H groups in total. The fourth-order valence-corrected chi connectivity index (χ4v) is 3.06. The number of likely N-dealkylation sites (N-methyl/N-ethyl adjacent to an activating group) is 1. The maximum absolute atomic E-state index is 12.6. The molecule has 0 aromatic heterocycles. The van der Waals surface area contributed by atoms with E-state index in [9.17, 15) is 4.79 Å². The number of hydrogen-bond donors (Lipinski definition) is 1. The molecule has 0 aliphatic carbocycles. The Morgan fingerprint density at radius 2 is 1.69 bits per heavy atom. The zero-order valence-corrected chi connectivity index (χ0v) is 16.2. The molecule has 2 aromatic rings. The minimum Gasteiger partial charge on any atom is -0.460 e. The summed E-state index contributed by atoms with van der Waals surface area (Å²) in [6, 6.07) is 18.0. The Morgan fingerprint density at radius 1 is 1.04 bits per heavy atom. The molecule has 26 heavy (non-hydrogen) atoms. The van der Waals surface area contributed by atoms with Crippen LogP contribution >= 0.6 is 0 Å². The lowest BCUT2D eigenvalue weighted by molar-refractivity contribution is -0.152. The summed E-state index contributed by atoms with van der Waals surface area (Å²) in [5.41, 5.74) is 3.37. The summed E-state index contributed by atoms with van der Waals surface area (Å²) in [5.74, 6) is 0.0341. The molecule has 0 amide bonds. The zero-order valence-electron chi connectivity index (χ0n) is 16.2. The van der Waals surface area contributed by atoms with Crippen molar-refractivity contribution in [2.24, 2.45) is 5.92 Å². The van der Waals surface area contributed by atoms with Gasteiger partial charge in [-0.3, -0.25) is 9.69 Å². The van der Waals surface area contributed by atoms with Crippen LogP contribution in [0.1, 0.15) is 25.0 Å². The highest BCUT2D eigenvalue weighted by atomic mass is 16.5. The van der Waals surface area contributed by atoms with Crippen LogP contribution in [0.15, 0.2) is 54.6 Å². The van der Waals surface area contributed by atoms with Gasteiger partial charge < -0.3 is 10.1 Å². The average Bonchev–Trinajstić information content (AvgIpc) is 2.66. The monoisotopic (exact) mass is 354 g/mol. The van der Waals surface area contributed by atoms with Gasteiger partial charge in [0, 0.05) is 19.3 Å². The lowest BCUT2D eigenvalue weighted by atomic mass is 10.0. The van der Waals surface area contributed by atoms with Crippen LogP contribution < -0.4 is 5.32 Å². The first-order valence-electron chi connectivity index (χ1n) is 9.18. The quantitative estimate of drug-likeness (QED) is 0.692. The number of nitrogens with zero attached hydrogens (tertiary/aromatic N) is 1. The molecule has 1 unspecified atom stereocenters. The molecule has 4 nitrogen and oxygen atoms in total. The van der Waals surface area contributed by atoms with E-state index in [1.54, 1.807) is 0 Å². The van der Waals surface area contributed by atoms with Gasteiger partial charge in [-0.15, -0.1) is 0 Å². The maximum atomic E-state index is 12.6. The second-order valence-corrected chi connectivity index (χ2v) is 6.96. The van der Waals surface area contributed by atoms with Crippen molar-refractivity contribution in [3.8, 4) is 0 Å². The van der Waals surface area contributed by atoms with Crippen LogP contribution in [0, 0.1) is 5.92 Å². The van der Waals surface area contributed by atoms with Gasteiger partial charge in [-0.25, -0.2) is 0 Å². The van der Waals surface area contributed by atoms with Crippen molar-refractivity contribution in [2.75, 3.05) is 26.0 Å². The number of benzene rings is 2. The number of ether oxygens (including phenoxy) is 1. The predicted octanol–water partition coefficient (Wildman–Crippen LogP) is 3.97. The first-order valence-corrected chi connectivity index (χ1v) is 9.18. The van der Waals surface area contributed by atoms with Crippen molar-refractivity contribution in [3.05, 3.63) is 65.7 Å². The summed E-state index contributed by atoms with van der Waals surface area (Å²) in [7, 11) is 3.91. The summed E-state index contributed by atoms with van der Waals surface area (Å²) in [6.07, 6.45) is 0.898. The van der Waals surface area contributed by atoms with Crippen molar-refractivity contribution in [1.29, 1.82) is 0 Å². The van der Waals surface area contributed by atoms with Crippen molar-refractivity contribution in [2.45, 2.75) is 32.9 Å². The largest absolute Gasteiger partial charge is 0.460 e. The van der Waals surface area contributed by atoms with Gasteiger partial charge in [0.2, 0.25) is 0 Å². The summed E-state index contributed by atoms with van der Waals surface area (Å²) in [6.45, 7) is 5.25. The van der Waals surface area contributed by atoms with Crippen LogP contribution in [-0.2, 0) is 22.6 Å². The fraction of sp³-hybridized carbons (Fsp3) is 0.409. The highest BCUT2D eigenvalue weighted by molar-refractivity contribution is 5.76. The SMILES string of the molecule is CNc1ccc(CCN(C)C(C(=O)OCc2ccccc2)C(C)C)cc1. The van der Waals surface area contributed by atoms with Gasteiger partial charge >= 0.3 is 5.97 Å². The third kappa shape index (κ3) is 5.88. The molecular weight excluding hydrogens is 324 g/mol. The zero-order chi connectivity index (χ0) is 18.9. The minimum atomic E-state index is -0.240. The lowest BCUT2D eigenvalue weighted by Gasteiger charge is -2.29. The molecule has 1 atom stereocenters. The number of rotatable bonds is 9. The molecule has 2 rings (SSSR count). The molecule has 0 heterocycles. The molecule has 0 fully saturated rings. The van der Waals surface area contributed by atoms with E-state index in [0.717, 1.165) is 24.2 Å². The van der Waals surface area contributed by atoms with Gasteiger partial charge in [0.15, 0.2) is 0 Å². The molecule has 140 valence electrons. The van der Waals surface area contributed by atoms with Crippen LogP contribution in [0.3, 0.4) is 0 Å². The van der Waals surface area contributed by atoms with Crippen molar-refractivity contribution < 1.29 is 9.53 Å². The average molecular weight is 354 g/mol. The highest BCUT2D eigenvalue weighted by Crippen LogP contribution is 2.15. The van der Waals surface area contributed by atoms with E-state index in [-0.39, 0.29) is 17.9 Å². The Hall–Kier alpha value is -2.33. The third-order valence-electron chi connectivity index (χ3n) is 4.57. The summed E-state index contributed by atoms with van der Waals surface area (Å²) >= 11 is 0. The number of nitrogens with one attached hydrogen (secondary N) is 1. The molecule has 4 heteroatoms. The van der Waals surface area contributed by atoms with Crippen molar-refractivity contribution in [3.63, 3.8) is 0 Å². The standard InChI is InChI=1S/C22H30N2O2/c1-17(2)21(22(25)26-16-19-8-6-5-7-9-19)24(4)15-14-18-10-12-20(23-3)13-11-18/h5-13,17,21,23H,14-16H2,1-4H3. The molecule has 0 saturated carbocycles. The van der Waals surface area contributed by atoms with E-state index >= 15 is 0 Å². The normalized spacial score (nSPS) is 12.2. The molecule has 0 aliphatic heterocycles. The Labute approximate surface area is 157 Å². The summed E-state index contributed by atoms with van der Waals surface area (Å²) in [4.78, 5) is 14.7. The summed E-state index contributed by atoms with van der Waals surface area (Å²) < 4.78 is 5.57. The number of anilines is 1. The number of esters is 1. The lowest BCUT2D eigenvalue weighted by Crippen LogP contribution is -2.44. The highest BCUT2D eigenvalue weighted by Gasteiger charge is 2.27. The van der Waals surface area contributed by atoms with Crippen LogP contribution in [0.25, 0.3) is 0 Å². The topological polar surface area (TPSA) is 41.6 Å². The molecule has 0 saturated heterocycles. The van der Waals surface area contributed by atoms with Gasteiger partial charge in [-0.2, -0.15) is 0 Å². The van der Waals surface area contributed by atoms with E-state index < -0.39 is 0 Å². The van der Waals surface area contributed by atoms with Crippen molar-refractivity contribution in [1.82, 2.24) is 4.90 Å². The fourth-order valence-electron chi connectivity index (χ4n) is 3.06. The first-order chi connectivity index (χ1) is 12.5. The summed E-state index contributed by atoms with van der Waals surface area (Å²) in [5, 5.41) is 3.12. The van der Waals surface area contributed by atoms with Gasteiger partial charge in [0.05, 0.1) is 0 Å². The predicted molar refractivity (Wildman–Crippen MR) is 107 cm³/mol. The number of carbonyl (C=O) groups excluding carboxylic acids is 1. The Balaban J connectivity index is 1.90. The number of carbonyl (C=O) groups is 1. The second kappa shape index (κ2) is 9.97. The van der Waals surface area contributed by atoms with Gasteiger partial charge in [-0.1, -0.05) is 56.3 Å². The van der Waals surface area contributed by atoms with E-state index in [2.05, 4.69) is 48.3 Å². The minimum absolute atomic E-state index is 0.156. The van der Waals surface area contributed by atoms with Crippen LogP contribution in [0.5, 0.6) is 0 Å². The van der Waals surface area contributed by atoms with E-state index in [1.807, 2.05) is 44.4 Å². The van der Waals surface area contributed by atoms with Gasteiger partial charge in [-0.05, 0) is 42.6 Å². The Morgan fingerprint density at radius 3 is 2.27 bits per heavy atom.